The van der Waals surface area contributed by atoms with Crippen LogP contribution in [0.25, 0.3) is 0 Å². The molecule has 0 saturated heterocycles. The van der Waals surface area contributed by atoms with Gasteiger partial charge in [0.2, 0.25) is 5.91 Å². The molecule has 2 aromatic rings. The second-order valence-electron chi connectivity index (χ2n) is 6.97. The van der Waals surface area contributed by atoms with Crippen molar-refractivity contribution >= 4 is 11.6 Å². The molecule has 0 aliphatic heterocycles. The summed E-state index contributed by atoms with van der Waals surface area (Å²) < 4.78 is 5.80. The number of ether oxygens (including phenoxy) is 1. The topological polar surface area (TPSA) is 38.3 Å². The normalized spacial score (nSPS) is 17.0. The van der Waals surface area contributed by atoms with Gasteiger partial charge in [-0.3, -0.25) is 4.79 Å². The molecule has 1 atom stereocenters. The average Bonchev–Trinajstić information content (AvgIpc) is 3.15. The van der Waals surface area contributed by atoms with Crippen molar-refractivity contribution in [3.8, 4) is 5.75 Å². The Kier molecular flexibility index (Phi) is 5.42. The number of amides is 1. The van der Waals surface area contributed by atoms with Gasteiger partial charge in [-0.05, 0) is 56.0 Å². The molecule has 1 amide bonds. The van der Waals surface area contributed by atoms with Gasteiger partial charge in [-0.2, -0.15) is 0 Å². The minimum atomic E-state index is -0.396. The third-order valence-electron chi connectivity index (χ3n) is 5.24. The lowest BCUT2D eigenvalue weighted by Crippen LogP contribution is -2.37. The van der Waals surface area contributed by atoms with E-state index in [4.69, 9.17) is 4.74 Å². The Labute approximate surface area is 150 Å². The molecule has 25 heavy (non-hydrogen) atoms. The van der Waals surface area contributed by atoms with Crippen LogP contribution in [0.5, 0.6) is 5.75 Å². The SMILES string of the molecule is CC[C@@H](C)Oc1ccc(NC(=O)C2(c3ccccc3)CCCC2)cc1. The molecule has 1 aliphatic rings. The zero-order valence-electron chi connectivity index (χ0n) is 15.1. The minimum Gasteiger partial charge on any atom is -0.491 e. The second kappa shape index (κ2) is 7.73. The monoisotopic (exact) mass is 337 g/mol. The van der Waals surface area contributed by atoms with Gasteiger partial charge in [-0.1, -0.05) is 50.1 Å². The van der Waals surface area contributed by atoms with Crippen LogP contribution < -0.4 is 10.1 Å². The molecule has 1 N–H and O–H groups in total. The van der Waals surface area contributed by atoms with Crippen LogP contribution in [0.3, 0.4) is 0 Å². The molecule has 0 unspecified atom stereocenters. The number of rotatable bonds is 6. The fourth-order valence-electron chi connectivity index (χ4n) is 3.57. The molecule has 2 aromatic carbocycles. The molecule has 0 heterocycles. The lowest BCUT2D eigenvalue weighted by Gasteiger charge is -2.28. The van der Waals surface area contributed by atoms with E-state index >= 15 is 0 Å². The molecule has 0 spiro atoms. The maximum atomic E-state index is 13.1. The van der Waals surface area contributed by atoms with Crippen LogP contribution in [-0.2, 0) is 10.2 Å². The maximum absolute atomic E-state index is 13.1. The van der Waals surface area contributed by atoms with Crippen molar-refractivity contribution in [2.75, 3.05) is 5.32 Å². The van der Waals surface area contributed by atoms with Gasteiger partial charge < -0.3 is 10.1 Å². The van der Waals surface area contributed by atoms with Crippen LogP contribution in [0.2, 0.25) is 0 Å². The summed E-state index contributed by atoms with van der Waals surface area (Å²) in [7, 11) is 0. The second-order valence-corrected chi connectivity index (χ2v) is 6.97. The fourth-order valence-corrected chi connectivity index (χ4v) is 3.57. The van der Waals surface area contributed by atoms with Crippen molar-refractivity contribution in [3.63, 3.8) is 0 Å². The van der Waals surface area contributed by atoms with Crippen molar-refractivity contribution in [2.24, 2.45) is 0 Å². The van der Waals surface area contributed by atoms with E-state index in [1.807, 2.05) is 42.5 Å². The molecule has 1 fully saturated rings. The number of carbonyl (C=O) groups excluding carboxylic acids is 1. The van der Waals surface area contributed by atoms with Crippen LogP contribution in [0.1, 0.15) is 51.5 Å². The number of benzene rings is 2. The highest BCUT2D eigenvalue weighted by atomic mass is 16.5. The number of anilines is 1. The minimum absolute atomic E-state index is 0.104. The van der Waals surface area contributed by atoms with Crippen molar-refractivity contribution in [3.05, 3.63) is 60.2 Å². The lowest BCUT2D eigenvalue weighted by atomic mass is 9.78. The van der Waals surface area contributed by atoms with Gasteiger partial charge in [0.05, 0.1) is 11.5 Å². The molecule has 0 radical (unpaired) electrons. The van der Waals surface area contributed by atoms with Crippen molar-refractivity contribution < 1.29 is 9.53 Å². The van der Waals surface area contributed by atoms with Crippen molar-refractivity contribution in [2.45, 2.75) is 57.5 Å². The Morgan fingerprint density at radius 3 is 2.32 bits per heavy atom. The molecule has 3 nitrogen and oxygen atoms in total. The number of hydrogen-bond acceptors (Lipinski definition) is 2. The van der Waals surface area contributed by atoms with Gasteiger partial charge in [0.25, 0.3) is 0 Å². The standard InChI is InChI=1S/C22H27NO2/c1-3-17(2)25-20-13-11-19(12-14-20)23-21(24)22(15-7-8-16-22)18-9-5-4-6-10-18/h4-6,9-14,17H,3,7-8,15-16H2,1-2H3,(H,23,24)/t17-/m1/s1. The Hall–Kier alpha value is -2.29. The smallest absolute Gasteiger partial charge is 0.235 e. The van der Waals surface area contributed by atoms with Gasteiger partial charge in [-0.25, -0.2) is 0 Å². The number of carbonyl (C=O) groups is 1. The molecular weight excluding hydrogens is 310 g/mol. The van der Waals surface area contributed by atoms with E-state index in [0.717, 1.165) is 49.1 Å². The fraction of sp³-hybridized carbons (Fsp3) is 0.409. The summed E-state index contributed by atoms with van der Waals surface area (Å²) in [6, 6.07) is 17.9. The summed E-state index contributed by atoms with van der Waals surface area (Å²) in [4.78, 5) is 13.1. The Balaban J connectivity index is 1.74. The van der Waals surface area contributed by atoms with Gasteiger partial charge >= 0.3 is 0 Å². The van der Waals surface area contributed by atoms with Crippen molar-refractivity contribution in [1.29, 1.82) is 0 Å². The lowest BCUT2D eigenvalue weighted by molar-refractivity contribution is -0.121. The molecule has 0 bridgehead atoms. The predicted octanol–water partition coefficient (Wildman–Crippen LogP) is 5.31. The summed E-state index contributed by atoms with van der Waals surface area (Å²) in [5.41, 5.74) is 1.55. The Morgan fingerprint density at radius 1 is 1.08 bits per heavy atom. The van der Waals surface area contributed by atoms with Gasteiger partial charge in [0.1, 0.15) is 5.75 Å². The summed E-state index contributed by atoms with van der Waals surface area (Å²) >= 11 is 0. The molecule has 132 valence electrons. The first-order valence-electron chi connectivity index (χ1n) is 9.28. The summed E-state index contributed by atoms with van der Waals surface area (Å²) in [6.45, 7) is 4.16. The number of hydrogen-bond donors (Lipinski definition) is 1. The molecule has 3 rings (SSSR count). The van der Waals surface area contributed by atoms with E-state index in [1.165, 1.54) is 0 Å². The third kappa shape index (κ3) is 3.87. The first-order valence-corrected chi connectivity index (χ1v) is 9.28. The summed E-state index contributed by atoms with van der Waals surface area (Å²) in [5.74, 6) is 0.942. The molecule has 3 heteroatoms. The van der Waals surface area contributed by atoms with E-state index < -0.39 is 5.41 Å². The van der Waals surface area contributed by atoms with Crippen LogP contribution in [0, 0.1) is 0 Å². The highest BCUT2D eigenvalue weighted by molar-refractivity contribution is 5.99. The van der Waals surface area contributed by atoms with Crippen LogP contribution in [-0.4, -0.2) is 12.0 Å². The van der Waals surface area contributed by atoms with Gasteiger partial charge in [0, 0.05) is 5.69 Å². The quantitative estimate of drug-likeness (QED) is 0.775. The predicted molar refractivity (Wildman–Crippen MR) is 102 cm³/mol. The Bertz CT molecular complexity index is 688. The largest absolute Gasteiger partial charge is 0.491 e. The van der Waals surface area contributed by atoms with E-state index in [1.54, 1.807) is 0 Å². The highest BCUT2D eigenvalue weighted by Gasteiger charge is 2.42. The van der Waals surface area contributed by atoms with Crippen molar-refractivity contribution in [1.82, 2.24) is 0 Å². The van der Waals surface area contributed by atoms with E-state index in [0.29, 0.717) is 0 Å². The first kappa shape index (κ1) is 17.5. The van der Waals surface area contributed by atoms with Crippen LogP contribution in [0.15, 0.2) is 54.6 Å². The van der Waals surface area contributed by atoms with Gasteiger partial charge in [0.15, 0.2) is 0 Å². The van der Waals surface area contributed by atoms with E-state index in [-0.39, 0.29) is 12.0 Å². The van der Waals surface area contributed by atoms with Crippen LogP contribution in [0.4, 0.5) is 5.69 Å². The van der Waals surface area contributed by atoms with E-state index in [2.05, 4.69) is 31.3 Å². The molecule has 1 aliphatic carbocycles. The number of nitrogens with one attached hydrogen (secondary N) is 1. The third-order valence-corrected chi connectivity index (χ3v) is 5.24. The first-order chi connectivity index (χ1) is 12.1. The summed E-state index contributed by atoms with van der Waals surface area (Å²) in [5, 5.41) is 3.12. The molecule has 1 saturated carbocycles. The molecular formula is C22H27NO2. The maximum Gasteiger partial charge on any atom is 0.235 e. The molecule has 0 aromatic heterocycles. The van der Waals surface area contributed by atoms with E-state index in [9.17, 15) is 4.79 Å². The zero-order chi connectivity index (χ0) is 17.7. The average molecular weight is 337 g/mol. The Morgan fingerprint density at radius 2 is 1.72 bits per heavy atom. The zero-order valence-corrected chi connectivity index (χ0v) is 15.1. The highest BCUT2D eigenvalue weighted by Crippen LogP contribution is 2.42. The van der Waals surface area contributed by atoms with Gasteiger partial charge in [-0.15, -0.1) is 0 Å². The summed E-state index contributed by atoms with van der Waals surface area (Å²) in [6.07, 6.45) is 5.20. The van der Waals surface area contributed by atoms with Crippen LogP contribution >= 0.6 is 0 Å².